The second-order valence-corrected chi connectivity index (χ2v) is 6.33. The van der Waals surface area contributed by atoms with Crippen LogP contribution in [0.5, 0.6) is 0 Å². The Labute approximate surface area is 116 Å². The van der Waals surface area contributed by atoms with E-state index in [0.717, 1.165) is 19.4 Å². The minimum atomic E-state index is 0.293. The lowest BCUT2D eigenvalue weighted by atomic mass is 9.77. The van der Waals surface area contributed by atoms with Crippen molar-refractivity contribution in [2.45, 2.75) is 57.1 Å². The van der Waals surface area contributed by atoms with E-state index in [1.165, 1.54) is 19.3 Å². The van der Waals surface area contributed by atoms with E-state index in [1.54, 1.807) is 11.1 Å². The number of nitrogens with two attached hydrogens (primary N) is 1. The number of aryl methyl sites for hydroxylation is 1. The van der Waals surface area contributed by atoms with Gasteiger partial charge in [0.05, 0.1) is 12.7 Å². The molecule has 1 fully saturated rings. The average Bonchev–Trinajstić information content (AvgIpc) is 2.86. The first-order valence-electron chi connectivity index (χ1n) is 7.69. The van der Waals surface area contributed by atoms with Crippen LogP contribution in [0.2, 0.25) is 0 Å². The molecule has 104 valence electrons. The van der Waals surface area contributed by atoms with Crippen molar-refractivity contribution in [3.8, 4) is 0 Å². The van der Waals surface area contributed by atoms with E-state index < -0.39 is 0 Å². The van der Waals surface area contributed by atoms with Crippen LogP contribution in [0.1, 0.15) is 49.7 Å². The number of hydrogen-bond donors (Lipinski definition) is 1. The van der Waals surface area contributed by atoms with Crippen LogP contribution in [-0.2, 0) is 11.2 Å². The van der Waals surface area contributed by atoms with Crippen LogP contribution < -0.4 is 5.73 Å². The van der Waals surface area contributed by atoms with Gasteiger partial charge in [-0.15, -0.1) is 0 Å². The van der Waals surface area contributed by atoms with Gasteiger partial charge in [0.2, 0.25) is 0 Å². The van der Waals surface area contributed by atoms with E-state index >= 15 is 0 Å². The molecule has 0 saturated carbocycles. The third-order valence-corrected chi connectivity index (χ3v) is 4.89. The van der Waals surface area contributed by atoms with Gasteiger partial charge in [0.1, 0.15) is 0 Å². The van der Waals surface area contributed by atoms with Crippen molar-refractivity contribution >= 4 is 0 Å². The number of benzene rings is 1. The maximum absolute atomic E-state index is 6.45. The Hall–Kier alpha value is -0.860. The quantitative estimate of drug-likeness (QED) is 0.904. The van der Waals surface area contributed by atoms with Crippen molar-refractivity contribution in [2.75, 3.05) is 6.61 Å². The highest BCUT2D eigenvalue weighted by Crippen LogP contribution is 2.36. The highest BCUT2D eigenvalue weighted by molar-refractivity contribution is 5.32. The summed E-state index contributed by atoms with van der Waals surface area (Å²) in [5, 5.41) is 0. The molecule has 1 saturated heterocycles. The minimum Gasteiger partial charge on any atom is -0.378 e. The molecule has 0 aromatic heterocycles. The van der Waals surface area contributed by atoms with E-state index in [2.05, 4.69) is 31.2 Å². The number of hydrogen-bond acceptors (Lipinski definition) is 2. The summed E-state index contributed by atoms with van der Waals surface area (Å²) in [6, 6.07) is 9.21. The largest absolute Gasteiger partial charge is 0.378 e. The molecule has 1 heterocycles. The van der Waals surface area contributed by atoms with Gasteiger partial charge in [0, 0.05) is 6.04 Å². The molecule has 4 unspecified atom stereocenters. The Kier molecular flexibility index (Phi) is 3.90. The highest BCUT2D eigenvalue weighted by Gasteiger charge is 2.30. The Morgan fingerprint density at radius 1 is 1.37 bits per heavy atom. The zero-order chi connectivity index (χ0) is 13.2. The first kappa shape index (κ1) is 13.1. The molecule has 4 atom stereocenters. The molecule has 0 bridgehead atoms. The van der Waals surface area contributed by atoms with Gasteiger partial charge >= 0.3 is 0 Å². The monoisotopic (exact) mass is 259 g/mol. The fourth-order valence-electron chi connectivity index (χ4n) is 3.77. The number of rotatable bonds is 3. The maximum Gasteiger partial charge on any atom is 0.0551 e. The van der Waals surface area contributed by atoms with E-state index in [4.69, 9.17) is 10.5 Å². The molecule has 1 aliphatic carbocycles. The lowest BCUT2D eigenvalue weighted by molar-refractivity contribution is 0.117. The van der Waals surface area contributed by atoms with Crippen LogP contribution in [0.3, 0.4) is 0 Å². The zero-order valence-electron chi connectivity index (χ0n) is 11.8. The Bertz CT molecular complexity index is 431. The number of fused-ring (bicyclic) bond motifs is 1. The highest BCUT2D eigenvalue weighted by atomic mass is 16.5. The van der Waals surface area contributed by atoms with Crippen molar-refractivity contribution < 1.29 is 4.74 Å². The molecule has 0 amide bonds. The molecule has 0 radical (unpaired) electrons. The lowest BCUT2D eigenvalue weighted by Crippen LogP contribution is -2.33. The van der Waals surface area contributed by atoms with Gasteiger partial charge in [-0.1, -0.05) is 24.3 Å². The van der Waals surface area contributed by atoms with E-state index in [1.807, 2.05) is 0 Å². The molecule has 2 nitrogen and oxygen atoms in total. The van der Waals surface area contributed by atoms with Gasteiger partial charge in [-0.3, -0.25) is 0 Å². The molecule has 1 aromatic rings. The third-order valence-electron chi connectivity index (χ3n) is 4.89. The fraction of sp³-hybridized carbons (Fsp3) is 0.647. The lowest BCUT2D eigenvalue weighted by Gasteiger charge is -2.29. The SMILES string of the molecule is CC1CC(C(N)CC2CCCc3ccccc32)CO1. The van der Waals surface area contributed by atoms with Crippen molar-refractivity contribution in [1.82, 2.24) is 0 Å². The molecular formula is C17H25NO. The third kappa shape index (κ3) is 2.85. The van der Waals surface area contributed by atoms with E-state index in [9.17, 15) is 0 Å². The van der Waals surface area contributed by atoms with Gasteiger partial charge < -0.3 is 10.5 Å². The summed E-state index contributed by atoms with van der Waals surface area (Å²) in [6.45, 7) is 3.01. The topological polar surface area (TPSA) is 35.2 Å². The second kappa shape index (κ2) is 5.64. The molecule has 19 heavy (non-hydrogen) atoms. The van der Waals surface area contributed by atoms with Crippen LogP contribution in [0, 0.1) is 5.92 Å². The summed E-state index contributed by atoms with van der Waals surface area (Å²) in [7, 11) is 0. The molecule has 2 heteroatoms. The van der Waals surface area contributed by atoms with Crippen LogP contribution >= 0.6 is 0 Å². The normalized spacial score (nSPS) is 32.0. The minimum absolute atomic E-state index is 0.293. The molecule has 1 aliphatic heterocycles. The van der Waals surface area contributed by atoms with Gasteiger partial charge in [-0.05, 0) is 62.0 Å². The molecule has 2 N–H and O–H groups in total. The van der Waals surface area contributed by atoms with Gasteiger partial charge in [-0.25, -0.2) is 0 Å². The molecule has 2 aliphatic rings. The summed E-state index contributed by atoms with van der Waals surface area (Å²) in [5.41, 5.74) is 9.54. The Morgan fingerprint density at radius 3 is 3.00 bits per heavy atom. The molecule has 3 rings (SSSR count). The summed E-state index contributed by atoms with van der Waals surface area (Å²) in [4.78, 5) is 0. The fourth-order valence-corrected chi connectivity index (χ4v) is 3.77. The Morgan fingerprint density at radius 2 is 2.21 bits per heavy atom. The van der Waals surface area contributed by atoms with Crippen molar-refractivity contribution in [1.29, 1.82) is 0 Å². The number of ether oxygens (including phenoxy) is 1. The van der Waals surface area contributed by atoms with Crippen LogP contribution in [-0.4, -0.2) is 18.8 Å². The molecular weight excluding hydrogens is 234 g/mol. The van der Waals surface area contributed by atoms with Crippen LogP contribution in [0.4, 0.5) is 0 Å². The molecule has 0 spiro atoms. The van der Waals surface area contributed by atoms with E-state index in [-0.39, 0.29) is 0 Å². The predicted molar refractivity (Wildman–Crippen MR) is 78.2 cm³/mol. The van der Waals surface area contributed by atoms with Crippen molar-refractivity contribution in [3.05, 3.63) is 35.4 Å². The smallest absolute Gasteiger partial charge is 0.0551 e. The first-order valence-corrected chi connectivity index (χ1v) is 7.69. The zero-order valence-corrected chi connectivity index (χ0v) is 11.8. The summed E-state index contributed by atoms with van der Waals surface area (Å²) < 4.78 is 5.67. The molecule has 1 aromatic carbocycles. The van der Waals surface area contributed by atoms with Gasteiger partial charge in [-0.2, -0.15) is 0 Å². The predicted octanol–water partition coefficient (Wildman–Crippen LogP) is 3.25. The van der Waals surface area contributed by atoms with Crippen molar-refractivity contribution in [3.63, 3.8) is 0 Å². The Balaban J connectivity index is 1.67. The van der Waals surface area contributed by atoms with Gasteiger partial charge in [0.25, 0.3) is 0 Å². The summed E-state index contributed by atoms with van der Waals surface area (Å²) in [5.74, 6) is 1.22. The van der Waals surface area contributed by atoms with Crippen molar-refractivity contribution in [2.24, 2.45) is 11.7 Å². The van der Waals surface area contributed by atoms with E-state index in [0.29, 0.717) is 24.0 Å². The first-order chi connectivity index (χ1) is 9.24. The second-order valence-electron chi connectivity index (χ2n) is 6.33. The maximum atomic E-state index is 6.45. The standard InChI is InChI=1S/C17H25NO/c1-12-9-15(11-19-12)17(18)10-14-7-4-6-13-5-2-3-8-16(13)14/h2-3,5,8,12,14-15,17H,4,6-7,9-11,18H2,1H3. The summed E-state index contributed by atoms with van der Waals surface area (Å²) >= 11 is 0. The van der Waals surface area contributed by atoms with Gasteiger partial charge in [0.15, 0.2) is 0 Å². The van der Waals surface area contributed by atoms with Crippen LogP contribution in [0.25, 0.3) is 0 Å². The summed E-state index contributed by atoms with van der Waals surface area (Å²) in [6.07, 6.45) is 6.51. The van der Waals surface area contributed by atoms with Crippen LogP contribution in [0.15, 0.2) is 24.3 Å². The average molecular weight is 259 g/mol.